The van der Waals surface area contributed by atoms with E-state index in [1.807, 2.05) is 0 Å². The van der Waals surface area contributed by atoms with Gasteiger partial charge in [-0.05, 0) is 17.9 Å². The Hall–Kier alpha value is -3.09. The average molecular weight is 535 g/mol. The molecule has 3 aromatic rings. The van der Waals surface area contributed by atoms with Gasteiger partial charge >= 0.3 is 0 Å². The van der Waals surface area contributed by atoms with Crippen molar-refractivity contribution in [3.05, 3.63) is 59.2 Å². The molecule has 0 unspecified atom stereocenters. The first-order valence-electron chi connectivity index (χ1n) is 13.4. The minimum absolute atomic E-state index is 0. The van der Waals surface area contributed by atoms with E-state index >= 15 is 0 Å². The third-order valence-corrected chi connectivity index (χ3v) is 7.72. The van der Waals surface area contributed by atoms with E-state index in [-0.39, 0.29) is 12.4 Å². The SMILES string of the molecule is Cl.N#Cc1c(OCCN2CCOCC2)nc(N2CCNCC2)c2c1CN(c1cccc3ccccc13)CC2. The van der Waals surface area contributed by atoms with E-state index in [1.54, 1.807) is 0 Å². The summed E-state index contributed by atoms with van der Waals surface area (Å²) in [6.07, 6.45) is 0.855. The Balaban J connectivity index is 0.00000294. The lowest BCUT2D eigenvalue weighted by molar-refractivity contribution is 0.0320. The Morgan fingerprint density at radius 3 is 2.55 bits per heavy atom. The summed E-state index contributed by atoms with van der Waals surface area (Å²) in [4.78, 5) is 12.1. The number of nitrogens with zero attached hydrogens (tertiary/aromatic N) is 5. The van der Waals surface area contributed by atoms with E-state index in [9.17, 15) is 5.26 Å². The Morgan fingerprint density at radius 2 is 1.74 bits per heavy atom. The molecule has 0 spiro atoms. The fraction of sp³-hybridized carbons (Fsp3) is 0.448. The Labute approximate surface area is 230 Å². The third-order valence-electron chi connectivity index (χ3n) is 7.72. The second kappa shape index (κ2) is 12.2. The molecule has 0 radical (unpaired) electrons. The number of nitriles is 1. The minimum atomic E-state index is 0. The second-order valence-electron chi connectivity index (χ2n) is 9.89. The molecule has 9 heteroatoms. The fourth-order valence-electron chi connectivity index (χ4n) is 5.73. The van der Waals surface area contributed by atoms with Crippen LogP contribution in [0.1, 0.15) is 16.7 Å². The van der Waals surface area contributed by atoms with Gasteiger partial charge in [0.25, 0.3) is 0 Å². The number of ether oxygens (including phenoxy) is 2. The summed E-state index contributed by atoms with van der Waals surface area (Å²) in [7, 11) is 0. The van der Waals surface area contributed by atoms with E-state index in [0.29, 0.717) is 24.6 Å². The van der Waals surface area contributed by atoms with Crippen LogP contribution < -0.4 is 19.9 Å². The number of hydrogen-bond donors (Lipinski definition) is 1. The maximum atomic E-state index is 10.3. The lowest BCUT2D eigenvalue weighted by Crippen LogP contribution is -2.45. The van der Waals surface area contributed by atoms with E-state index in [4.69, 9.17) is 14.5 Å². The van der Waals surface area contributed by atoms with E-state index in [0.717, 1.165) is 83.4 Å². The number of halogens is 1. The van der Waals surface area contributed by atoms with Gasteiger partial charge in [0, 0.05) is 81.1 Å². The predicted octanol–water partition coefficient (Wildman–Crippen LogP) is 3.21. The standard InChI is InChI=1S/C29H34N6O2.ClH/c30-20-25-26-21-35(27-7-3-5-22-4-1-2-6-23(22)27)11-8-24(26)28(34-12-9-31-10-13-34)32-29(25)37-19-16-33-14-17-36-18-15-33;/h1-7,31H,8-19,21H2;1H. The van der Waals surface area contributed by atoms with Crippen LogP contribution in [0.2, 0.25) is 0 Å². The highest BCUT2D eigenvalue weighted by Gasteiger charge is 2.30. The maximum absolute atomic E-state index is 10.3. The van der Waals surface area contributed by atoms with E-state index in [2.05, 4.69) is 68.6 Å². The molecule has 8 nitrogen and oxygen atoms in total. The number of pyridine rings is 1. The molecule has 2 aromatic carbocycles. The summed E-state index contributed by atoms with van der Waals surface area (Å²) < 4.78 is 11.7. The highest BCUT2D eigenvalue weighted by atomic mass is 35.5. The molecule has 2 saturated heterocycles. The van der Waals surface area contributed by atoms with Crippen molar-refractivity contribution in [3.63, 3.8) is 0 Å². The number of fused-ring (bicyclic) bond motifs is 2. The Morgan fingerprint density at radius 1 is 0.947 bits per heavy atom. The summed E-state index contributed by atoms with van der Waals surface area (Å²) in [5.74, 6) is 1.47. The zero-order chi connectivity index (χ0) is 25.0. The number of morpholine rings is 1. The summed E-state index contributed by atoms with van der Waals surface area (Å²) in [5.41, 5.74) is 4.06. The molecular formula is C29H35ClN6O2. The zero-order valence-corrected chi connectivity index (χ0v) is 22.5. The predicted molar refractivity (Wildman–Crippen MR) is 153 cm³/mol. The Kier molecular flexibility index (Phi) is 8.50. The van der Waals surface area contributed by atoms with Gasteiger partial charge in [-0.1, -0.05) is 36.4 Å². The van der Waals surface area contributed by atoms with Gasteiger partial charge in [-0.3, -0.25) is 4.90 Å². The first-order valence-corrected chi connectivity index (χ1v) is 13.4. The molecule has 0 aliphatic carbocycles. The smallest absolute Gasteiger partial charge is 0.234 e. The lowest BCUT2D eigenvalue weighted by atomic mass is 9.94. The molecule has 0 atom stereocenters. The first-order chi connectivity index (χ1) is 18.3. The third kappa shape index (κ3) is 5.38. The highest BCUT2D eigenvalue weighted by Crippen LogP contribution is 2.38. The molecular weight excluding hydrogens is 500 g/mol. The number of benzene rings is 2. The van der Waals surface area contributed by atoms with Crippen LogP contribution in [0.5, 0.6) is 5.88 Å². The van der Waals surface area contributed by atoms with Crippen LogP contribution >= 0.6 is 12.4 Å². The van der Waals surface area contributed by atoms with Gasteiger partial charge < -0.3 is 24.6 Å². The molecule has 1 N–H and O–H groups in total. The van der Waals surface area contributed by atoms with Crippen molar-refractivity contribution in [3.8, 4) is 11.9 Å². The summed E-state index contributed by atoms with van der Waals surface area (Å²) in [6.45, 7) is 9.92. The van der Waals surface area contributed by atoms with Gasteiger partial charge in [0.05, 0.1) is 13.2 Å². The highest BCUT2D eigenvalue weighted by molar-refractivity contribution is 5.94. The quantitative estimate of drug-likeness (QED) is 0.516. The molecule has 3 aliphatic rings. The lowest BCUT2D eigenvalue weighted by Gasteiger charge is -2.36. The Bertz CT molecular complexity index is 1290. The van der Waals surface area contributed by atoms with Crippen molar-refractivity contribution in [2.24, 2.45) is 0 Å². The van der Waals surface area contributed by atoms with Gasteiger partial charge in [-0.25, -0.2) is 0 Å². The van der Waals surface area contributed by atoms with Crippen LogP contribution in [0.15, 0.2) is 42.5 Å². The number of hydrogen-bond acceptors (Lipinski definition) is 8. The van der Waals surface area contributed by atoms with Crippen LogP contribution in [-0.2, 0) is 17.7 Å². The van der Waals surface area contributed by atoms with Crippen molar-refractivity contribution < 1.29 is 9.47 Å². The zero-order valence-electron chi connectivity index (χ0n) is 21.7. The van der Waals surface area contributed by atoms with Gasteiger partial charge in [0.15, 0.2) is 0 Å². The number of anilines is 2. The van der Waals surface area contributed by atoms with Crippen molar-refractivity contribution in [1.82, 2.24) is 15.2 Å². The van der Waals surface area contributed by atoms with Gasteiger partial charge in [0.1, 0.15) is 24.1 Å². The second-order valence-corrected chi connectivity index (χ2v) is 9.89. The van der Waals surface area contributed by atoms with Crippen LogP contribution in [0.3, 0.4) is 0 Å². The summed E-state index contributed by atoms with van der Waals surface area (Å²) in [5, 5.41) is 16.2. The van der Waals surface area contributed by atoms with Crippen LogP contribution in [0.25, 0.3) is 10.8 Å². The van der Waals surface area contributed by atoms with Gasteiger partial charge in [0.2, 0.25) is 5.88 Å². The molecule has 3 aliphatic heterocycles. The van der Waals surface area contributed by atoms with E-state index < -0.39 is 0 Å². The molecule has 0 bridgehead atoms. The average Bonchev–Trinajstić information content (AvgIpc) is 2.97. The molecule has 1 aromatic heterocycles. The molecule has 0 amide bonds. The number of rotatable bonds is 6. The first kappa shape index (κ1) is 26.5. The molecule has 2 fully saturated rings. The largest absolute Gasteiger partial charge is 0.475 e. The number of piperazine rings is 1. The van der Waals surface area contributed by atoms with E-state index in [1.165, 1.54) is 22.0 Å². The normalized spacial score (nSPS) is 18.0. The number of aromatic nitrogens is 1. The van der Waals surface area contributed by atoms with Crippen molar-refractivity contribution in [2.75, 3.05) is 82.0 Å². The topological polar surface area (TPSA) is 76.9 Å². The monoisotopic (exact) mass is 534 g/mol. The maximum Gasteiger partial charge on any atom is 0.234 e. The summed E-state index contributed by atoms with van der Waals surface area (Å²) >= 11 is 0. The van der Waals surface area contributed by atoms with Crippen LogP contribution in [0, 0.1) is 11.3 Å². The van der Waals surface area contributed by atoms with Crippen LogP contribution in [0.4, 0.5) is 11.5 Å². The molecule has 0 saturated carbocycles. The van der Waals surface area contributed by atoms with Crippen molar-refractivity contribution in [2.45, 2.75) is 13.0 Å². The van der Waals surface area contributed by atoms with Gasteiger partial charge in [-0.15, -0.1) is 12.4 Å². The van der Waals surface area contributed by atoms with Crippen LogP contribution in [-0.4, -0.2) is 82.1 Å². The minimum Gasteiger partial charge on any atom is -0.475 e. The van der Waals surface area contributed by atoms with Crippen molar-refractivity contribution in [1.29, 1.82) is 5.26 Å². The molecule has 200 valence electrons. The fourth-order valence-corrected chi connectivity index (χ4v) is 5.73. The molecule has 38 heavy (non-hydrogen) atoms. The van der Waals surface area contributed by atoms with Crippen molar-refractivity contribution >= 4 is 34.7 Å². The summed E-state index contributed by atoms with van der Waals surface area (Å²) in [6, 6.07) is 17.5. The molecule has 6 rings (SSSR count). The van der Waals surface area contributed by atoms with Gasteiger partial charge in [-0.2, -0.15) is 10.2 Å². The molecule has 4 heterocycles. The number of nitrogens with one attached hydrogen (secondary N) is 1.